The number of hydrogen-bond acceptors (Lipinski definition) is 4. The van der Waals surface area contributed by atoms with E-state index in [0.717, 1.165) is 43.2 Å². The summed E-state index contributed by atoms with van der Waals surface area (Å²) in [7, 11) is 1.69. The standard InChI is InChI=1S/C18H21N3O3/c1-24-18-9-5-4-8-17(18)20-12-10-19(11-13-20)14-15-6-2-3-7-16(15)21(22)23/h2-9H,10-14H2,1H3/p+1. The Bertz CT molecular complexity index is 712. The van der Waals surface area contributed by atoms with Gasteiger partial charge in [-0.05, 0) is 18.2 Å². The number of methoxy groups -OCH3 is 1. The minimum absolute atomic E-state index is 0.220. The van der Waals surface area contributed by atoms with E-state index in [9.17, 15) is 10.1 Å². The van der Waals surface area contributed by atoms with Crippen molar-refractivity contribution in [3.8, 4) is 5.75 Å². The van der Waals surface area contributed by atoms with Gasteiger partial charge in [0, 0.05) is 6.07 Å². The van der Waals surface area contributed by atoms with Crippen molar-refractivity contribution in [3.05, 3.63) is 64.2 Å². The number of nitrogens with one attached hydrogen (secondary N) is 1. The lowest BCUT2D eigenvalue weighted by Gasteiger charge is -2.34. The van der Waals surface area contributed by atoms with Gasteiger partial charge >= 0.3 is 0 Å². The molecule has 0 saturated carbocycles. The molecule has 2 aromatic rings. The lowest BCUT2D eigenvalue weighted by atomic mass is 10.1. The molecule has 0 atom stereocenters. The molecule has 1 N–H and O–H groups in total. The average molecular weight is 328 g/mol. The summed E-state index contributed by atoms with van der Waals surface area (Å²) in [6, 6.07) is 15.1. The second kappa shape index (κ2) is 7.31. The summed E-state index contributed by atoms with van der Waals surface area (Å²) >= 11 is 0. The van der Waals surface area contributed by atoms with Gasteiger partial charge in [0.05, 0.1) is 49.5 Å². The average Bonchev–Trinajstić information content (AvgIpc) is 2.62. The minimum Gasteiger partial charge on any atom is -0.495 e. The Labute approximate surface area is 141 Å². The third-order valence-corrected chi connectivity index (χ3v) is 4.53. The summed E-state index contributed by atoms with van der Waals surface area (Å²) in [6.45, 7) is 4.41. The quantitative estimate of drug-likeness (QED) is 0.668. The molecule has 6 nitrogen and oxygen atoms in total. The fourth-order valence-corrected chi connectivity index (χ4v) is 3.24. The maximum atomic E-state index is 11.1. The van der Waals surface area contributed by atoms with Crippen LogP contribution in [0.4, 0.5) is 11.4 Å². The Morgan fingerprint density at radius 2 is 1.79 bits per heavy atom. The maximum Gasteiger partial charge on any atom is 0.278 e. The van der Waals surface area contributed by atoms with E-state index in [0.29, 0.717) is 6.54 Å². The van der Waals surface area contributed by atoms with E-state index in [4.69, 9.17) is 4.74 Å². The van der Waals surface area contributed by atoms with Crippen LogP contribution in [0, 0.1) is 10.1 Å². The van der Waals surface area contributed by atoms with Gasteiger partial charge in [-0.1, -0.05) is 24.3 Å². The first-order valence-electron chi connectivity index (χ1n) is 8.13. The molecule has 1 aliphatic heterocycles. The van der Waals surface area contributed by atoms with Gasteiger partial charge in [0.1, 0.15) is 12.3 Å². The van der Waals surface area contributed by atoms with Crippen LogP contribution in [0.1, 0.15) is 5.56 Å². The van der Waals surface area contributed by atoms with Gasteiger partial charge in [-0.15, -0.1) is 0 Å². The van der Waals surface area contributed by atoms with Gasteiger partial charge in [0.25, 0.3) is 5.69 Å². The number of nitro benzene ring substituents is 1. The number of quaternary nitrogens is 1. The molecule has 3 rings (SSSR count). The zero-order valence-electron chi connectivity index (χ0n) is 13.8. The Morgan fingerprint density at radius 3 is 2.50 bits per heavy atom. The zero-order chi connectivity index (χ0) is 16.9. The van der Waals surface area contributed by atoms with Crippen molar-refractivity contribution in [1.82, 2.24) is 0 Å². The molecule has 0 unspecified atom stereocenters. The number of nitro groups is 1. The summed E-state index contributed by atoms with van der Waals surface area (Å²) in [6.07, 6.45) is 0. The molecule has 1 heterocycles. The van der Waals surface area contributed by atoms with Gasteiger partial charge < -0.3 is 14.5 Å². The largest absolute Gasteiger partial charge is 0.495 e. The molecule has 0 bridgehead atoms. The fourth-order valence-electron chi connectivity index (χ4n) is 3.24. The van der Waals surface area contributed by atoms with E-state index in [2.05, 4.69) is 11.0 Å². The Kier molecular flexibility index (Phi) is 4.96. The summed E-state index contributed by atoms with van der Waals surface area (Å²) in [5, 5.41) is 11.1. The van der Waals surface area contributed by atoms with Gasteiger partial charge in [-0.25, -0.2) is 0 Å². The Morgan fingerprint density at radius 1 is 1.12 bits per heavy atom. The summed E-state index contributed by atoms with van der Waals surface area (Å²) in [4.78, 5) is 14.5. The number of nitrogens with zero attached hydrogens (tertiary/aromatic N) is 2. The van der Waals surface area contributed by atoms with Gasteiger partial charge in [-0.2, -0.15) is 0 Å². The van der Waals surface area contributed by atoms with Crippen LogP contribution in [0.25, 0.3) is 0 Å². The van der Waals surface area contributed by atoms with Crippen molar-refractivity contribution in [2.75, 3.05) is 38.2 Å². The van der Waals surface area contributed by atoms with Crippen LogP contribution in [-0.4, -0.2) is 38.2 Å². The molecule has 6 heteroatoms. The van der Waals surface area contributed by atoms with Crippen molar-refractivity contribution in [1.29, 1.82) is 0 Å². The van der Waals surface area contributed by atoms with Crippen LogP contribution in [0.2, 0.25) is 0 Å². The molecule has 0 radical (unpaired) electrons. The van der Waals surface area contributed by atoms with Crippen LogP contribution >= 0.6 is 0 Å². The maximum absolute atomic E-state index is 11.1. The molecule has 0 amide bonds. The molecule has 0 aromatic heterocycles. The third-order valence-electron chi connectivity index (χ3n) is 4.53. The first-order valence-corrected chi connectivity index (χ1v) is 8.13. The van der Waals surface area contributed by atoms with Gasteiger partial charge in [0.2, 0.25) is 0 Å². The highest BCUT2D eigenvalue weighted by molar-refractivity contribution is 5.58. The highest BCUT2D eigenvalue weighted by Crippen LogP contribution is 2.27. The van der Waals surface area contributed by atoms with E-state index in [-0.39, 0.29) is 10.6 Å². The Hall–Kier alpha value is -2.60. The van der Waals surface area contributed by atoms with Crippen molar-refractivity contribution in [2.45, 2.75) is 6.54 Å². The summed E-state index contributed by atoms with van der Waals surface area (Å²) < 4.78 is 5.44. The third kappa shape index (κ3) is 3.49. The van der Waals surface area contributed by atoms with Crippen molar-refractivity contribution >= 4 is 11.4 Å². The van der Waals surface area contributed by atoms with Gasteiger partial charge in [-0.3, -0.25) is 10.1 Å². The molecule has 24 heavy (non-hydrogen) atoms. The fraction of sp³-hybridized carbons (Fsp3) is 0.333. The van der Waals surface area contributed by atoms with Crippen LogP contribution < -0.4 is 14.5 Å². The number of anilines is 1. The number of piperazine rings is 1. The zero-order valence-corrected chi connectivity index (χ0v) is 13.8. The monoisotopic (exact) mass is 328 g/mol. The second-order valence-electron chi connectivity index (χ2n) is 5.97. The number of ether oxygens (including phenoxy) is 1. The smallest absolute Gasteiger partial charge is 0.278 e. The first kappa shape index (κ1) is 16.3. The van der Waals surface area contributed by atoms with Gasteiger partial charge in [0.15, 0.2) is 0 Å². The predicted octanol–water partition coefficient (Wildman–Crippen LogP) is 1.51. The van der Waals surface area contributed by atoms with E-state index in [1.54, 1.807) is 19.2 Å². The van der Waals surface area contributed by atoms with Crippen LogP contribution in [0.15, 0.2) is 48.5 Å². The van der Waals surface area contributed by atoms with Crippen molar-refractivity contribution < 1.29 is 14.6 Å². The van der Waals surface area contributed by atoms with Crippen molar-refractivity contribution in [2.24, 2.45) is 0 Å². The molecular formula is C18H22N3O3+. The van der Waals surface area contributed by atoms with E-state index < -0.39 is 0 Å². The number of rotatable bonds is 5. The molecule has 126 valence electrons. The molecule has 2 aromatic carbocycles. The summed E-state index contributed by atoms with van der Waals surface area (Å²) in [5.74, 6) is 0.889. The molecule has 0 aliphatic carbocycles. The number of benzene rings is 2. The highest BCUT2D eigenvalue weighted by atomic mass is 16.6. The van der Waals surface area contributed by atoms with Crippen LogP contribution in [-0.2, 0) is 6.54 Å². The first-order chi connectivity index (χ1) is 11.7. The van der Waals surface area contributed by atoms with E-state index >= 15 is 0 Å². The van der Waals surface area contributed by atoms with E-state index in [1.807, 2.05) is 30.3 Å². The molecular weight excluding hydrogens is 306 g/mol. The molecule has 1 fully saturated rings. The predicted molar refractivity (Wildman–Crippen MR) is 92.7 cm³/mol. The lowest BCUT2D eigenvalue weighted by Crippen LogP contribution is -3.13. The Balaban J connectivity index is 1.65. The normalized spacial score (nSPS) is 15.3. The second-order valence-corrected chi connectivity index (χ2v) is 5.97. The van der Waals surface area contributed by atoms with E-state index in [1.165, 1.54) is 4.90 Å². The SMILES string of the molecule is COc1ccccc1N1CC[NH+](Cc2ccccc2[N+](=O)[O-])CC1. The van der Waals surface area contributed by atoms with Crippen LogP contribution in [0.3, 0.4) is 0 Å². The molecule has 1 aliphatic rings. The number of para-hydroxylation sites is 3. The lowest BCUT2D eigenvalue weighted by molar-refractivity contribution is -0.914. The number of hydrogen-bond donors (Lipinski definition) is 1. The summed E-state index contributed by atoms with van der Waals surface area (Å²) in [5.41, 5.74) is 2.14. The molecule has 1 saturated heterocycles. The topological polar surface area (TPSA) is 60.0 Å². The minimum atomic E-state index is -0.292. The van der Waals surface area contributed by atoms with Crippen molar-refractivity contribution in [3.63, 3.8) is 0 Å². The molecule has 0 spiro atoms. The highest BCUT2D eigenvalue weighted by Gasteiger charge is 2.24. The van der Waals surface area contributed by atoms with Crippen LogP contribution in [0.5, 0.6) is 5.75 Å².